The third kappa shape index (κ3) is 3.28. The maximum Gasteiger partial charge on any atom is 0.0648 e. The van der Waals surface area contributed by atoms with Crippen LogP contribution in [0.3, 0.4) is 0 Å². The number of hydrogen-bond acceptors (Lipinski definition) is 2. The average molecular weight is 267 g/mol. The summed E-state index contributed by atoms with van der Waals surface area (Å²) in [6, 6.07) is 10.2. The van der Waals surface area contributed by atoms with Crippen LogP contribution in [0.1, 0.15) is 29.8 Å². The highest BCUT2D eigenvalue weighted by Gasteiger charge is 2.11. The van der Waals surface area contributed by atoms with Gasteiger partial charge in [0.15, 0.2) is 0 Å². The number of rotatable bonds is 6. The largest absolute Gasteiger partial charge is 0.313 e. The number of nitrogens with zero attached hydrogens (tertiary/aromatic N) is 2. The van der Waals surface area contributed by atoms with E-state index in [0.717, 1.165) is 37.3 Å². The minimum atomic E-state index is 0.828. The fourth-order valence-corrected chi connectivity index (χ4v) is 2.28. The van der Waals surface area contributed by atoms with Crippen LogP contribution < -0.4 is 5.32 Å². The molecule has 0 radical (unpaired) electrons. The molecular weight excluding hydrogens is 246 g/mol. The predicted octanol–water partition coefficient (Wildman–Crippen LogP) is 2.99. The van der Waals surface area contributed by atoms with E-state index in [1.807, 2.05) is 22.9 Å². The highest BCUT2D eigenvalue weighted by Crippen LogP contribution is 2.17. The number of benzene rings is 1. The molecule has 0 aliphatic heterocycles. The molecule has 1 N–H and O–H groups in total. The van der Waals surface area contributed by atoms with Crippen LogP contribution in [-0.4, -0.2) is 16.3 Å². The van der Waals surface area contributed by atoms with E-state index in [9.17, 15) is 0 Å². The lowest BCUT2D eigenvalue weighted by Crippen LogP contribution is -2.15. The summed E-state index contributed by atoms with van der Waals surface area (Å²) >= 11 is 0. The first-order chi connectivity index (χ1) is 9.74. The Morgan fingerprint density at radius 3 is 2.70 bits per heavy atom. The van der Waals surface area contributed by atoms with Crippen molar-refractivity contribution in [1.29, 1.82) is 0 Å². The van der Waals surface area contributed by atoms with Gasteiger partial charge in [-0.3, -0.25) is 0 Å². The van der Waals surface area contributed by atoms with Crippen molar-refractivity contribution >= 4 is 0 Å². The van der Waals surface area contributed by atoms with Crippen LogP contribution in [0, 0.1) is 26.2 Å². The Bertz CT molecular complexity index is 591. The molecule has 3 nitrogen and oxygen atoms in total. The molecule has 1 aromatic heterocycles. The molecule has 0 aliphatic carbocycles. The Kier molecular flexibility index (Phi) is 4.97. The number of aryl methyl sites for hydroxylation is 1. The number of nitrogens with one attached hydrogen (secondary N) is 1. The highest BCUT2D eigenvalue weighted by atomic mass is 15.3. The van der Waals surface area contributed by atoms with Gasteiger partial charge in [-0.1, -0.05) is 18.2 Å². The first-order valence-corrected chi connectivity index (χ1v) is 6.98. The first kappa shape index (κ1) is 14.4. The van der Waals surface area contributed by atoms with E-state index in [-0.39, 0.29) is 0 Å². The lowest BCUT2D eigenvalue weighted by atomic mass is 10.2. The standard InChI is InChI=1S/C17H21N3/c1-4-5-9-12-18-13-17-14(2)19-20(15(17)3)16-10-7-6-8-11-16/h1,6-8,10-11,18H,5,9,12-13H2,2-3H3. The minimum absolute atomic E-state index is 0.828. The van der Waals surface area contributed by atoms with E-state index in [4.69, 9.17) is 6.42 Å². The van der Waals surface area contributed by atoms with Crippen LogP contribution in [0.25, 0.3) is 5.69 Å². The minimum Gasteiger partial charge on any atom is -0.313 e. The third-order valence-corrected chi connectivity index (χ3v) is 3.42. The van der Waals surface area contributed by atoms with Crippen molar-refractivity contribution in [1.82, 2.24) is 15.1 Å². The molecule has 0 saturated heterocycles. The van der Waals surface area contributed by atoms with Crippen molar-refractivity contribution in [3.05, 3.63) is 47.3 Å². The molecule has 1 aromatic carbocycles. The lowest BCUT2D eigenvalue weighted by Gasteiger charge is -2.06. The summed E-state index contributed by atoms with van der Waals surface area (Å²) in [5.74, 6) is 2.66. The first-order valence-electron chi connectivity index (χ1n) is 6.98. The highest BCUT2D eigenvalue weighted by molar-refractivity contribution is 5.36. The number of hydrogen-bond donors (Lipinski definition) is 1. The second-order valence-electron chi connectivity index (χ2n) is 4.88. The maximum absolute atomic E-state index is 5.25. The Labute approximate surface area is 121 Å². The molecule has 1 heterocycles. The predicted molar refractivity (Wildman–Crippen MR) is 82.8 cm³/mol. The zero-order chi connectivity index (χ0) is 14.4. The Hall–Kier alpha value is -2.05. The summed E-state index contributed by atoms with van der Waals surface area (Å²) in [6.07, 6.45) is 7.09. The number of para-hydroxylation sites is 1. The second-order valence-corrected chi connectivity index (χ2v) is 4.88. The Balaban J connectivity index is 2.08. The molecule has 0 fully saturated rings. The van der Waals surface area contributed by atoms with E-state index < -0.39 is 0 Å². The molecule has 2 aromatic rings. The average Bonchev–Trinajstić information content (AvgIpc) is 2.75. The van der Waals surface area contributed by atoms with Crippen LogP contribution in [0.15, 0.2) is 30.3 Å². The maximum atomic E-state index is 5.25. The summed E-state index contributed by atoms with van der Waals surface area (Å²) in [5, 5.41) is 8.07. The topological polar surface area (TPSA) is 29.9 Å². The molecule has 3 heteroatoms. The monoisotopic (exact) mass is 267 g/mol. The molecular formula is C17H21N3. The van der Waals surface area contributed by atoms with E-state index in [2.05, 4.69) is 42.3 Å². The van der Waals surface area contributed by atoms with Gasteiger partial charge < -0.3 is 5.32 Å². The van der Waals surface area contributed by atoms with Gasteiger partial charge in [0, 0.05) is 24.2 Å². The fraction of sp³-hybridized carbons (Fsp3) is 0.353. The molecule has 2 rings (SSSR count). The van der Waals surface area contributed by atoms with Gasteiger partial charge in [0.05, 0.1) is 11.4 Å². The fourth-order valence-electron chi connectivity index (χ4n) is 2.28. The quantitative estimate of drug-likeness (QED) is 0.644. The van der Waals surface area contributed by atoms with Crippen molar-refractivity contribution in [2.45, 2.75) is 33.2 Å². The summed E-state index contributed by atoms with van der Waals surface area (Å²) in [6.45, 7) is 5.96. The molecule has 0 spiro atoms. The van der Waals surface area contributed by atoms with Crippen molar-refractivity contribution in [3.63, 3.8) is 0 Å². The van der Waals surface area contributed by atoms with Gasteiger partial charge in [-0.2, -0.15) is 5.10 Å². The molecule has 0 saturated carbocycles. The second kappa shape index (κ2) is 6.93. The van der Waals surface area contributed by atoms with Crippen LogP contribution in [-0.2, 0) is 6.54 Å². The van der Waals surface area contributed by atoms with Crippen LogP contribution in [0.5, 0.6) is 0 Å². The molecule has 104 valence electrons. The summed E-state index contributed by atoms with van der Waals surface area (Å²) in [5.41, 5.74) is 4.65. The molecule has 0 bridgehead atoms. The summed E-state index contributed by atoms with van der Waals surface area (Å²) in [4.78, 5) is 0. The van der Waals surface area contributed by atoms with E-state index >= 15 is 0 Å². The van der Waals surface area contributed by atoms with Gasteiger partial charge in [-0.25, -0.2) is 4.68 Å². The molecule has 0 unspecified atom stereocenters. The van der Waals surface area contributed by atoms with Gasteiger partial charge in [0.25, 0.3) is 0 Å². The molecule has 0 atom stereocenters. The Morgan fingerprint density at radius 2 is 2.00 bits per heavy atom. The normalized spacial score (nSPS) is 10.4. The lowest BCUT2D eigenvalue weighted by molar-refractivity contribution is 0.655. The van der Waals surface area contributed by atoms with Crippen LogP contribution in [0.2, 0.25) is 0 Å². The van der Waals surface area contributed by atoms with Crippen molar-refractivity contribution < 1.29 is 0 Å². The van der Waals surface area contributed by atoms with Crippen LogP contribution in [0.4, 0.5) is 0 Å². The zero-order valence-corrected chi connectivity index (χ0v) is 12.2. The Morgan fingerprint density at radius 1 is 1.25 bits per heavy atom. The van der Waals surface area contributed by atoms with Gasteiger partial charge >= 0.3 is 0 Å². The number of unbranched alkanes of at least 4 members (excludes halogenated alkanes) is 1. The third-order valence-electron chi connectivity index (χ3n) is 3.42. The van der Waals surface area contributed by atoms with E-state index in [0.29, 0.717) is 0 Å². The number of terminal acetylenes is 1. The smallest absolute Gasteiger partial charge is 0.0648 e. The molecule has 0 amide bonds. The van der Waals surface area contributed by atoms with Crippen molar-refractivity contribution in [2.75, 3.05) is 6.54 Å². The number of aromatic nitrogens is 2. The SMILES string of the molecule is C#CCCCNCc1c(C)nn(-c2ccccc2)c1C. The van der Waals surface area contributed by atoms with E-state index in [1.54, 1.807) is 0 Å². The molecule has 20 heavy (non-hydrogen) atoms. The van der Waals surface area contributed by atoms with Crippen molar-refractivity contribution in [2.24, 2.45) is 0 Å². The molecule has 0 aliphatic rings. The van der Waals surface area contributed by atoms with Crippen LogP contribution >= 0.6 is 0 Å². The van der Waals surface area contributed by atoms with E-state index in [1.165, 1.54) is 11.3 Å². The summed E-state index contributed by atoms with van der Waals surface area (Å²) < 4.78 is 2.01. The van der Waals surface area contributed by atoms with Gasteiger partial charge in [0.2, 0.25) is 0 Å². The van der Waals surface area contributed by atoms with Crippen molar-refractivity contribution in [3.8, 4) is 18.0 Å². The summed E-state index contributed by atoms with van der Waals surface area (Å²) in [7, 11) is 0. The zero-order valence-electron chi connectivity index (χ0n) is 12.2. The van der Waals surface area contributed by atoms with Gasteiger partial charge in [-0.15, -0.1) is 12.3 Å². The van der Waals surface area contributed by atoms with Gasteiger partial charge in [-0.05, 0) is 38.9 Å². The van der Waals surface area contributed by atoms with Gasteiger partial charge in [0.1, 0.15) is 0 Å².